The first-order valence-electron chi connectivity index (χ1n) is 8.56. The van der Waals surface area contributed by atoms with E-state index in [-0.39, 0.29) is 24.4 Å². The molecule has 2 aliphatic rings. The normalized spacial score (nSPS) is 22.2. The number of amidine groups is 1. The van der Waals surface area contributed by atoms with Crippen molar-refractivity contribution in [3.63, 3.8) is 0 Å². The molecule has 2 fully saturated rings. The molecule has 1 atom stereocenters. The van der Waals surface area contributed by atoms with E-state index < -0.39 is 0 Å². The minimum absolute atomic E-state index is 0. The van der Waals surface area contributed by atoms with Crippen LogP contribution in [-0.2, 0) is 11.3 Å². The summed E-state index contributed by atoms with van der Waals surface area (Å²) in [4.78, 5) is 19.3. The molecule has 0 bridgehead atoms. The number of halogens is 2. The fourth-order valence-electron chi connectivity index (χ4n) is 3.14. The molecule has 4 nitrogen and oxygen atoms in total. The van der Waals surface area contributed by atoms with Gasteiger partial charge in [0.15, 0.2) is 5.17 Å². The van der Waals surface area contributed by atoms with Crippen LogP contribution in [0.5, 0.6) is 0 Å². The van der Waals surface area contributed by atoms with E-state index >= 15 is 0 Å². The monoisotopic (exact) mass is 401 g/mol. The fraction of sp³-hybridized carbons (Fsp3) is 0.556. The lowest BCUT2D eigenvalue weighted by molar-refractivity contribution is -0.121. The molecule has 7 heteroatoms. The number of carbonyl (C=O) groups excluding carboxylic acids is 1. The second-order valence-electron chi connectivity index (χ2n) is 6.53. The molecule has 1 amide bonds. The molecule has 1 aliphatic heterocycles. The molecule has 1 unspecified atom stereocenters. The highest BCUT2D eigenvalue weighted by Gasteiger charge is 2.29. The third-order valence-corrected chi connectivity index (χ3v) is 6.15. The van der Waals surface area contributed by atoms with E-state index in [0.29, 0.717) is 24.0 Å². The number of amides is 1. The van der Waals surface area contributed by atoms with Crippen LogP contribution in [0.25, 0.3) is 0 Å². The smallest absolute Gasteiger partial charge is 0.222 e. The van der Waals surface area contributed by atoms with E-state index in [1.807, 2.05) is 24.3 Å². The van der Waals surface area contributed by atoms with Gasteiger partial charge in [0.1, 0.15) is 0 Å². The molecule has 1 saturated heterocycles. The van der Waals surface area contributed by atoms with Crippen LogP contribution in [0.1, 0.15) is 37.7 Å². The number of nitrogens with zero attached hydrogens (tertiary/aromatic N) is 2. The predicted octanol–water partition coefficient (Wildman–Crippen LogP) is 4.11. The molecule has 1 saturated carbocycles. The Labute approximate surface area is 165 Å². The van der Waals surface area contributed by atoms with Crippen molar-refractivity contribution in [1.29, 1.82) is 0 Å². The molecule has 1 aliphatic carbocycles. The highest BCUT2D eigenvalue weighted by atomic mass is 35.5. The number of hydrogen-bond donors (Lipinski definition) is 1. The Kier molecular flexibility index (Phi) is 7.91. The molecule has 0 radical (unpaired) electrons. The molecule has 1 aromatic carbocycles. The topological polar surface area (TPSA) is 44.7 Å². The van der Waals surface area contributed by atoms with Crippen molar-refractivity contribution in [3.8, 4) is 0 Å². The standard InChI is InChI=1S/C18H24ClN3OS.ClH/c1-22-16(12-24-18(22)21-15-4-2-3-5-15)10-17(23)20-11-13-6-8-14(19)9-7-13;/h6-9,15-16H,2-5,10-12H2,1H3,(H,20,23);1H. The molecule has 0 spiro atoms. The van der Waals surface area contributed by atoms with Crippen LogP contribution in [0, 0.1) is 0 Å². The van der Waals surface area contributed by atoms with Crippen molar-refractivity contribution in [2.75, 3.05) is 12.8 Å². The van der Waals surface area contributed by atoms with Crippen molar-refractivity contribution < 1.29 is 4.79 Å². The van der Waals surface area contributed by atoms with Crippen molar-refractivity contribution in [2.24, 2.45) is 4.99 Å². The summed E-state index contributed by atoms with van der Waals surface area (Å²) in [7, 11) is 2.06. The summed E-state index contributed by atoms with van der Waals surface area (Å²) in [5.41, 5.74) is 1.06. The van der Waals surface area contributed by atoms with Crippen LogP contribution in [0.4, 0.5) is 0 Å². The van der Waals surface area contributed by atoms with Crippen molar-refractivity contribution in [2.45, 2.75) is 50.7 Å². The Bertz CT molecular complexity index is 603. The van der Waals surface area contributed by atoms with E-state index in [1.54, 1.807) is 11.8 Å². The molecular formula is C18H25Cl2N3OS. The van der Waals surface area contributed by atoms with E-state index in [9.17, 15) is 4.79 Å². The average molecular weight is 402 g/mol. The van der Waals surface area contributed by atoms with Gasteiger partial charge in [-0.15, -0.1) is 12.4 Å². The summed E-state index contributed by atoms with van der Waals surface area (Å²) in [6.45, 7) is 0.544. The zero-order valence-electron chi connectivity index (χ0n) is 14.4. The van der Waals surface area contributed by atoms with Crippen molar-refractivity contribution in [3.05, 3.63) is 34.9 Å². The molecule has 138 valence electrons. The van der Waals surface area contributed by atoms with Gasteiger partial charge < -0.3 is 10.2 Å². The van der Waals surface area contributed by atoms with Gasteiger partial charge in [0, 0.05) is 36.8 Å². The third kappa shape index (κ3) is 5.80. The molecule has 1 N–H and O–H groups in total. The average Bonchev–Trinajstić information content (AvgIpc) is 3.20. The number of carbonyl (C=O) groups is 1. The molecule has 1 aromatic rings. The van der Waals surface area contributed by atoms with Crippen LogP contribution in [0.2, 0.25) is 5.02 Å². The van der Waals surface area contributed by atoms with E-state index in [4.69, 9.17) is 16.6 Å². The highest BCUT2D eigenvalue weighted by molar-refractivity contribution is 8.14. The summed E-state index contributed by atoms with van der Waals surface area (Å²) in [5.74, 6) is 1.03. The fourth-order valence-corrected chi connectivity index (χ4v) is 4.53. The van der Waals surface area contributed by atoms with Gasteiger partial charge >= 0.3 is 0 Å². The van der Waals surface area contributed by atoms with Crippen molar-refractivity contribution in [1.82, 2.24) is 10.2 Å². The number of hydrogen-bond acceptors (Lipinski definition) is 3. The predicted molar refractivity (Wildman–Crippen MR) is 109 cm³/mol. The maximum atomic E-state index is 12.2. The first-order chi connectivity index (χ1) is 11.6. The molecule has 1 heterocycles. The van der Waals surface area contributed by atoms with Gasteiger partial charge in [0.2, 0.25) is 5.91 Å². The SMILES string of the molecule is CN1C(=NC2CCCC2)SCC1CC(=O)NCc1ccc(Cl)cc1.Cl. The second-order valence-corrected chi connectivity index (χ2v) is 7.96. The summed E-state index contributed by atoms with van der Waals surface area (Å²) < 4.78 is 0. The Balaban J connectivity index is 0.00000225. The molecule has 3 rings (SSSR count). The molecule has 0 aromatic heterocycles. The lowest BCUT2D eigenvalue weighted by atomic mass is 10.2. The van der Waals surface area contributed by atoms with Gasteiger partial charge in [-0.05, 0) is 30.5 Å². The molecule has 25 heavy (non-hydrogen) atoms. The Morgan fingerprint density at radius 3 is 2.68 bits per heavy atom. The lowest BCUT2D eigenvalue weighted by Crippen LogP contribution is -2.36. The summed E-state index contributed by atoms with van der Waals surface area (Å²) in [6, 6.07) is 8.29. The zero-order chi connectivity index (χ0) is 16.9. The largest absolute Gasteiger partial charge is 0.352 e. The van der Waals surface area contributed by atoms with Gasteiger partial charge in [-0.1, -0.05) is 48.3 Å². The van der Waals surface area contributed by atoms with Gasteiger partial charge in [-0.25, -0.2) is 0 Å². The minimum atomic E-state index is 0. The number of rotatable bonds is 5. The Morgan fingerprint density at radius 1 is 1.32 bits per heavy atom. The Morgan fingerprint density at radius 2 is 2.00 bits per heavy atom. The summed E-state index contributed by atoms with van der Waals surface area (Å²) in [6.07, 6.45) is 5.54. The number of thioether (sulfide) groups is 1. The van der Waals surface area contributed by atoms with Crippen LogP contribution >= 0.6 is 35.8 Å². The van der Waals surface area contributed by atoms with Crippen molar-refractivity contribution >= 4 is 46.8 Å². The summed E-state index contributed by atoms with van der Waals surface area (Å²) in [5, 5.41) is 4.82. The number of aliphatic imine (C=N–C) groups is 1. The third-order valence-electron chi connectivity index (χ3n) is 4.70. The zero-order valence-corrected chi connectivity index (χ0v) is 16.8. The maximum Gasteiger partial charge on any atom is 0.222 e. The van der Waals surface area contributed by atoms with Gasteiger partial charge in [0.25, 0.3) is 0 Å². The van der Waals surface area contributed by atoms with Crippen LogP contribution in [-0.4, -0.2) is 40.9 Å². The minimum Gasteiger partial charge on any atom is -0.352 e. The van der Waals surface area contributed by atoms with Gasteiger partial charge in [-0.2, -0.15) is 0 Å². The quantitative estimate of drug-likeness (QED) is 0.806. The van der Waals surface area contributed by atoms with E-state index in [0.717, 1.165) is 16.5 Å². The second kappa shape index (κ2) is 9.70. The van der Waals surface area contributed by atoms with Gasteiger partial charge in [0.05, 0.1) is 6.04 Å². The first-order valence-corrected chi connectivity index (χ1v) is 9.93. The number of nitrogens with one attached hydrogen (secondary N) is 1. The van der Waals surface area contributed by atoms with E-state index in [1.165, 1.54) is 25.7 Å². The van der Waals surface area contributed by atoms with Crippen LogP contribution < -0.4 is 5.32 Å². The van der Waals surface area contributed by atoms with Gasteiger partial charge in [-0.3, -0.25) is 9.79 Å². The Hall–Kier alpha value is -0.910. The lowest BCUT2D eigenvalue weighted by Gasteiger charge is -2.21. The first kappa shape index (κ1) is 20.4. The highest BCUT2D eigenvalue weighted by Crippen LogP contribution is 2.28. The van der Waals surface area contributed by atoms with E-state index in [2.05, 4.69) is 17.3 Å². The van der Waals surface area contributed by atoms with Crippen LogP contribution in [0.3, 0.4) is 0 Å². The summed E-state index contributed by atoms with van der Waals surface area (Å²) >= 11 is 7.66. The van der Waals surface area contributed by atoms with Crippen LogP contribution in [0.15, 0.2) is 29.3 Å². The maximum absolute atomic E-state index is 12.2. The number of benzene rings is 1. The molecular weight excluding hydrogens is 377 g/mol.